The van der Waals surface area contributed by atoms with E-state index < -0.39 is 53.5 Å². The number of fused-ring (bicyclic) bond motifs is 1. The first-order chi connectivity index (χ1) is 23.2. The number of aliphatic hydroxyl groups is 1. The van der Waals surface area contributed by atoms with E-state index in [0.717, 1.165) is 11.1 Å². The number of ether oxygens (including phenoxy) is 2. The van der Waals surface area contributed by atoms with Crippen LogP contribution in [0.15, 0.2) is 86.0 Å². The number of allylic oxidation sites excluding steroid dienone is 1. The van der Waals surface area contributed by atoms with Crippen LogP contribution in [-0.4, -0.2) is 88.2 Å². The van der Waals surface area contributed by atoms with Crippen LogP contribution in [0.2, 0.25) is 0 Å². The first kappa shape index (κ1) is 35.0. The number of esters is 1. The van der Waals surface area contributed by atoms with Crippen molar-refractivity contribution in [1.29, 1.82) is 0 Å². The second-order valence-corrected chi connectivity index (χ2v) is 13.2. The van der Waals surface area contributed by atoms with Crippen LogP contribution in [0.25, 0.3) is 0 Å². The third-order valence-corrected chi connectivity index (χ3v) is 9.91. The Hall–Kier alpha value is -4.28. The highest BCUT2D eigenvalue weighted by Crippen LogP contribution is 2.59. The van der Waals surface area contributed by atoms with E-state index in [4.69, 9.17) is 9.47 Å². The molecule has 10 nitrogen and oxygen atoms in total. The SMILES string of the molecule is C=CCCC(=O)OC[C@H](NC(=O)[C@@H]1[C@@H]2CC[C@]3(O2)[C@H](C(=O)N(CC=C)C(C)C)N([C@@H](CO)Cc2ccccc2)C(=O)[C@@H]13)c1ccccc1. The Morgan fingerprint density at radius 3 is 2.42 bits per heavy atom. The van der Waals surface area contributed by atoms with Crippen molar-refractivity contribution in [2.45, 2.75) is 81.8 Å². The lowest BCUT2D eigenvalue weighted by molar-refractivity contribution is -0.152. The number of likely N-dealkylation sites (tertiary alicyclic amines) is 1. The minimum Gasteiger partial charge on any atom is -0.463 e. The quantitative estimate of drug-likeness (QED) is 0.208. The normalized spacial score (nSPS) is 25.3. The Balaban J connectivity index is 1.48. The van der Waals surface area contributed by atoms with Crippen molar-refractivity contribution in [2.24, 2.45) is 11.8 Å². The van der Waals surface area contributed by atoms with Gasteiger partial charge in [0.25, 0.3) is 0 Å². The summed E-state index contributed by atoms with van der Waals surface area (Å²) < 4.78 is 12.2. The third-order valence-electron chi connectivity index (χ3n) is 9.91. The zero-order chi connectivity index (χ0) is 34.4. The minimum atomic E-state index is -1.24. The molecule has 0 saturated carbocycles. The van der Waals surface area contributed by atoms with Gasteiger partial charge in [0.15, 0.2) is 0 Å². The van der Waals surface area contributed by atoms with Gasteiger partial charge in [-0.1, -0.05) is 72.8 Å². The van der Waals surface area contributed by atoms with Gasteiger partial charge in [-0.2, -0.15) is 0 Å². The van der Waals surface area contributed by atoms with E-state index in [2.05, 4.69) is 18.5 Å². The highest BCUT2D eigenvalue weighted by Gasteiger charge is 2.75. The summed E-state index contributed by atoms with van der Waals surface area (Å²) in [6.07, 6.45) is 4.62. The summed E-state index contributed by atoms with van der Waals surface area (Å²) in [4.78, 5) is 59.1. The number of amides is 3. The summed E-state index contributed by atoms with van der Waals surface area (Å²) in [5, 5.41) is 13.8. The van der Waals surface area contributed by atoms with E-state index in [9.17, 15) is 24.3 Å². The summed E-state index contributed by atoms with van der Waals surface area (Å²) in [6.45, 7) is 11.1. The zero-order valence-electron chi connectivity index (χ0n) is 27.8. The topological polar surface area (TPSA) is 125 Å². The van der Waals surface area contributed by atoms with Crippen LogP contribution >= 0.6 is 0 Å². The van der Waals surface area contributed by atoms with Gasteiger partial charge >= 0.3 is 5.97 Å². The maximum atomic E-state index is 14.7. The Labute approximate surface area is 282 Å². The Morgan fingerprint density at radius 2 is 1.79 bits per heavy atom. The first-order valence-electron chi connectivity index (χ1n) is 16.8. The lowest BCUT2D eigenvalue weighted by atomic mass is 9.70. The van der Waals surface area contributed by atoms with E-state index >= 15 is 0 Å². The molecule has 3 aliphatic heterocycles. The van der Waals surface area contributed by atoms with Crippen LogP contribution in [0.4, 0.5) is 0 Å². The van der Waals surface area contributed by atoms with Gasteiger partial charge in [0.2, 0.25) is 17.7 Å². The average molecular weight is 658 g/mol. The molecule has 3 amide bonds. The van der Waals surface area contributed by atoms with E-state index in [-0.39, 0.29) is 44.0 Å². The molecule has 3 saturated heterocycles. The molecule has 10 heteroatoms. The molecule has 1 spiro atoms. The molecule has 3 heterocycles. The summed E-state index contributed by atoms with van der Waals surface area (Å²) >= 11 is 0. The van der Waals surface area contributed by atoms with Gasteiger partial charge in [0, 0.05) is 19.0 Å². The largest absolute Gasteiger partial charge is 0.463 e. The van der Waals surface area contributed by atoms with Crippen LogP contribution < -0.4 is 5.32 Å². The van der Waals surface area contributed by atoms with Crippen molar-refractivity contribution in [1.82, 2.24) is 15.1 Å². The maximum absolute atomic E-state index is 14.7. The number of aliphatic hydroxyl groups excluding tert-OH is 1. The van der Waals surface area contributed by atoms with Crippen molar-refractivity contribution < 1.29 is 33.8 Å². The smallest absolute Gasteiger partial charge is 0.306 e. The van der Waals surface area contributed by atoms with Gasteiger partial charge in [-0.05, 0) is 50.7 Å². The fourth-order valence-corrected chi connectivity index (χ4v) is 7.70. The Bertz CT molecular complexity index is 1480. The zero-order valence-corrected chi connectivity index (χ0v) is 27.8. The maximum Gasteiger partial charge on any atom is 0.306 e. The summed E-state index contributed by atoms with van der Waals surface area (Å²) in [7, 11) is 0. The van der Waals surface area contributed by atoms with E-state index in [1.54, 1.807) is 17.1 Å². The molecule has 48 heavy (non-hydrogen) atoms. The molecule has 2 aromatic carbocycles. The molecule has 5 rings (SSSR count). The molecular weight excluding hydrogens is 610 g/mol. The van der Waals surface area contributed by atoms with Crippen molar-refractivity contribution >= 4 is 23.7 Å². The molecule has 2 N–H and O–H groups in total. The number of rotatable bonds is 16. The molecule has 3 fully saturated rings. The number of carbonyl (C=O) groups excluding carboxylic acids is 4. The van der Waals surface area contributed by atoms with Gasteiger partial charge in [0.1, 0.15) is 18.2 Å². The molecule has 2 bridgehead atoms. The van der Waals surface area contributed by atoms with E-state index in [0.29, 0.717) is 25.7 Å². The lowest BCUT2D eigenvalue weighted by Gasteiger charge is -2.40. The highest BCUT2D eigenvalue weighted by molar-refractivity contribution is 5.99. The Morgan fingerprint density at radius 1 is 1.10 bits per heavy atom. The summed E-state index contributed by atoms with van der Waals surface area (Å²) in [5.74, 6) is -3.28. The van der Waals surface area contributed by atoms with Gasteiger partial charge in [-0.25, -0.2) is 0 Å². The molecular formula is C38H47N3O7. The number of nitrogens with zero attached hydrogens (tertiary/aromatic N) is 2. The molecule has 0 radical (unpaired) electrons. The van der Waals surface area contributed by atoms with Crippen LogP contribution in [-0.2, 0) is 35.1 Å². The third kappa shape index (κ3) is 6.82. The summed E-state index contributed by atoms with van der Waals surface area (Å²) in [6, 6.07) is 16.1. The van der Waals surface area contributed by atoms with Crippen LogP contribution in [0.3, 0.4) is 0 Å². The number of benzene rings is 2. The van der Waals surface area contributed by atoms with Gasteiger partial charge in [-0.3, -0.25) is 19.2 Å². The van der Waals surface area contributed by atoms with Crippen molar-refractivity contribution in [3.63, 3.8) is 0 Å². The van der Waals surface area contributed by atoms with Gasteiger partial charge in [-0.15, -0.1) is 13.2 Å². The molecule has 7 atom stereocenters. The van der Waals surface area contributed by atoms with Crippen molar-refractivity contribution in [3.05, 3.63) is 97.1 Å². The summed E-state index contributed by atoms with van der Waals surface area (Å²) in [5.41, 5.74) is 0.414. The predicted octanol–water partition coefficient (Wildman–Crippen LogP) is 3.75. The van der Waals surface area contributed by atoms with Crippen molar-refractivity contribution in [3.8, 4) is 0 Å². The second-order valence-electron chi connectivity index (χ2n) is 13.2. The second kappa shape index (κ2) is 15.3. The number of hydrogen-bond acceptors (Lipinski definition) is 7. The number of carbonyl (C=O) groups is 4. The first-order valence-corrected chi connectivity index (χ1v) is 16.8. The molecule has 0 aromatic heterocycles. The fraction of sp³-hybridized carbons (Fsp3) is 0.474. The molecule has 256 valence electrons. The molecule has 0 unspecified atom stereocenters. The van der Waals surface area contributed by atoms with Crippen LogP contribution in [0.5, 0.6) is 0 Å². The molecule has 3 aliphatic rings. The van der Waals surface area contributed by atoms with Gasteiger partial charge < -0.3 is 29.7 Å². The number of nitrogens with one attached hydrogen (secondary N) is 1. The van der Waals surface area contributed by atoms with Crippen LogP contribution in [0, 0.1) is 11.8 Å². The standard InChI is InChI=1S/C38H47N3O7/c1-5-7-18-31(43)47-24-29(27-16-12-9-13-17-27)39-35(44)32-30-19-20-38(48-30)33(32)36(45)41(28(23-42)22-26-14-10-8-11-15-26)34(38)37(46)40(21-6-2)25(3)4/h5-6,8-17,25,28-30,32-34,42H,1-2,7,18-24H2,3-4H3,(H,39,44)/t28-,29+,30+,32-,33-,34+,38-/m1/s1. The van der Waals surface area contributed by atoms with Crippen LogP contribution in [0.1, 0.15) is 56.7 Å². The monoisotopic (exact) mass is 657 g/mol. The van der Waals surface area contributed by atoms with E-state index in [1.165, 1.54) is 4.90 Å². The van der Waals surface area contributed by atoms with Crippen molar-refractivity contribution in [2.75, 3.05) is 19.8 Å². The minimum absolute atomic E-state index is 0.0878. The highest BCUT2D eigenvalue weighted by atomic mass is 16.5. The average Bonchev–Trinajstić information content (AvgIpc) is 3.74. The lowest BCUT2D eigenvalue weighted by Crippen LogP contribution is -2.60. The molecule has 2 aromatic rings. The Kier molecular flexibility index (Phi) is 11.2. The predicted molar refractivity (Wildman–Crippen MR) is 180 cm³/mol. The van der Waals surface area contributed by atoms with Gasteiger partial charge in [0.05, 0.1) is 36.6 Å². The molecule has 0 aliphatic carbocycles. The van der Waals surface area contributed by atoms with E-state index in [1.807, 2.05) is 74.5 Å². The number of hydrogen-bond donors (Lipinski definition) is 2. The fourth-order valence-electron chi connectivity index (χ4n) is 7.70.